The maximum absolute atomic E-state index is 12.6. The van der Waals surface area contributed by atoms with Gasteiger partial charge in [-0.15, -0.1) is 0 Å². The average molecular weight is 516 g/mol. The Hall–Kier alpha value is -3.56. The summed E-state index contributed by atoms with van der Waals surface area (Å²) in [6.07, 6.45) is 4.83. The van der Waals surface area contributed by atoms with E-state index >= 15 is 0 Å². The second kappa shape index (κ2) is 10.8. The minimum Gasteiger partial charge on any atom is -0.370 e. The van der Waals surface area contributed by atoms with Crippen molar-refractivity contribution >= 4 is 28.2 Å². The molecule has 1 aliphatic rings. The Balaban J connectivity index is 1.54. The molecule has 0 atom stereocenters. The van der Waals surface area contributed by atoms with Gasteiger partial charge in [0.2, 0.25) is 5.91 Å². The summed E-state index contributed by atoms with van der Waals surface area (Å²) in [7, 11) is 4.03. The zero-order valence-corrected chi connectivity index (χ0v) is 22.7. The monoisotopic (exact) mass is 515 g/mol. The van der Waals surface area contributed by atoms with E-state index < -0.39 is 0 Å². The summed E-state index contributed by atoms with van der Waals surface area (Å²) in [4.78, 5) is 25.1. The van der Waals surface area contributed by atoms with Crippen LogP contribution in [-0.2, 0) is 17.6 Å². The van der Waals surface area contributed by atoms with Crippen molar-refractivity contribution in [3.8, 4) is 27.5 Å². The molecule has 37 heavy (non-hydrogen) atoms. The Kier molecular flexibility index (Phi) is 7.34. The smallest absolute Gasteiger partial charge is 0.226 e. The number of hydrogen-bond donors (Lipinski definition) is 2. The van der Waals surface area contributed by atoms with Gasteiger partial charge in [0, 0.05) is 30.3 Å². The molecule has 0 bridgehead atoms. The van der Waals surface area contributed by atoms with Crippen molar-refractivity contribution in [3.05, 3.63) is 59.4 Å². The Bertz CT molecular complexity index is 1400. The number of nitrogens with one attached hydrogen (secondary N) is 2. The van der Waals surface area contributed by atoms with Crippen molar-refractivity contribution in [1.82, 2.24) is 24.6 Å². The van der Waals surface area contributed by atoms with Crippen LogP contribution in [0.1, 0.15) is 36.6 Å². The lowest BCUT2D eigenvalue weighted by atomic mass is 9.95. The summed E-state index contributed by atoms with van der Waals surface area (Å²) >= 11 is 1.54. The minimum atomic E-state index is 0.00752. The van der Waals surface area contributed by atoms with E-state index in [4.69, 9.17) is 10.1 Å². The van der Waals surface area contributed by atoms with Gasteiger partial charge < -0.3 is 15.5 Å². The van der Waals surface area contributed by atoms with E-state index in [0.717, 1.165) is 76.9 Å². The molecular formula is C28H33N7OS. The lowest BCUT2D eigenvalue weighted by Crippen LogP contribution is -2.17. The first-order valence-electron chi connectivity index (χ1n) is 12.8. The number of amides is 1. The third-order valence-corrected chi connectivity index (χ3v) is 7.52. The Morgan fingerprint density at radius 2 is 2.00 bits per heavy atom. The third kappa shape index (κ3) is 5.28. The first-order chi connectivity index (χ1) is 17.9. The molecule has 0 saturated carbocycles. The SMILES string of the molecule is CCNc1ccc(-c2nn(-c3ccccc3C)c3c2CCc2nc(NC(=O)CCCN(C)C)sc2-3)cn1. The zero-order chi connectivity index (χ0) is 25.9. The van der Waals surface area contributed by atoms with Crippen LogP contribution >= 0.6 is 11.3 Å². The predicted molar refractivity (Wildman–Crippen MR) is 151 cm³/mol. The van der Waals surface area contributed by atoms with Crippen LogP contribution in [0.2, 0.25) is 0 Å². The maximum Gasteiger partial charge on any atom is 0.226 e. The first-order valence-corrected chi connectivity index (χ1v) is 13.6. The number of aromatic nitrogens is 4. The molecule has 192 valence electrons. The van der Waals surface area contributed by atoms with Gasteiger partial charge >= 0.3 is 0 Å². The molecule has 0 radical (unpaired) electrons. The molecule has 4 aromatic rings. The van der Waals surface area contributed by atoms with E-state index in [1.54, 1.807) is 0 Å². The molecule has 1 aliphatic carbocycles. The highest BCUT2D eigenvalue weighted by Crippen LogP contribution is 2.44. The van der Waals surface area contributed by atoms with Crippen LogP contribution < -0.4 is 10.6 Å². The maximum atomic E-state index is 12.6. The largest absolute Gasteiger partial charge is 0.370 e. The molecule has 5 rings (SSSR count). The summed E-state index contributed by atoms with van der Waals surface area (Å²) in [5.41, 5.74) is 7.40. The Labute approximate surface area is 221 Å². The van der Waals surface area contributed by atoms with Crippen molar-refractivity contribution in [2.45, 2.75) is 39.5 Å². The van der Waals surface area contributed by atoms with Gasteiger partial charge in [-0.05, 0) is 77.5 Å². The highest BCUT2D eigenvalue weighted by molar-refractivity contribution is 7.19. The van der Waals surface area contributed by atoms with E-state index in [9.17, 15) is 4.79 Å². The molecule has 0 saturated heterocycles. The molecule has 9 heteroatoms. The number of rotatable bonds is 9. The molecule has 0 spiro atoms. The fourth-order valence-electron chi connectivity index (χ4n) is 4.69. The van der Waals surface area contributed by atoms with Gasteiger partial charge in [-0.1, -0.05) is 29.5 Å². The highest BCUT2D eigenvalue weighted by atomic mass is 32.1. The van der Waals surface area contributed by atoms with Crippen molar-refractivity contribution in [3.63, 3.8) is 0 Å². The van der Waals surface area contributed by atoms with Crippen LogP contribution in [0, 0.1) is 6.92 Å². The van der Waals surface area contributed by atoms with E-state index in [-0.39, 0.29) is 5.91 Å². The number of carbonyl (C=O) groups excluding carboxylic acids is 1. The Morgan fingerprint density at radius 1 is 1.16 bits per heavy atom. The number of nitrogens with zero attached hydrogens (tertiary/aromatic N) is 5. The van der Waals surface area contributed by atoms with E-state index in [1.807, 2.05) is 38.5 Å². The van der Waals surface area contributed by atoms with Crippen molar-refractivity contribution in [2.24, 2.45) is 0 Å². The normalized spacial score (nSPS) is 12.4. The highest BCUT2D eigenvalue weighted by Gasteiger charge is 2.30. The number of anilines is 2. The average Bonchev–Trinajstić information content (AvgIpc) is 3.46. The predicted octanol–water partition coefficient (Wildman–Crippen LogP) is 5.18. The fraction of sp³-hybridized carbons (Fsp3) is 0.357. The summed E-state index contributed by atoms with van der Waals surface area (Å²) in [6.45, 7) is 5.87. The van der Waals surface area contributed by atoms with Crippen molar-refractivity contribution in [1.29, 1.82) is 0 Å². The number of carbonyl (C=O) groups is 1. The summed E-state index contributed by atoms with van der Waals surface area (Å²) in [6, 6.07) is 12.4. The number of aryl methyl sites for hydroxylation is 2. The van der Waals surface area contributed by atoms with Crippen LogP contribution in [0.4, 0.5) is 10.9 Å². The van der Waals surface area contributed by atoms with Crippen LogP contribution in [0.5, 0.6) is 0 Å². The number of thiazole rings is 1. The van der Waals surface area contributed by atoms with Gasteiger partial charge in [-0.3, -0.25) is 4.79 Å². The number of fused-ring (bicyclic) bond motifs is 3. The molecule has 0 fully saturated rings. The molecule has 1 amide bonds. The van der Waals surface area contributed by atoms with Gasteiger partial charge in [-0.25, -0.2) is 14.6 Å². The summed E-state index contributed by atoms with van der Waals surface area (Å²) in [5.74, 6) is 0.863. The molecule has 2 N–H and O–H groups in total. The number of benzene rings is 1. The molecule has 0 unspecified atom stereocenters. The lowest BCUT2D eigenvalue weighted by molar-refractivity contribution is -0.116. The van der Waals surface area contributed by atoms with Gasteiger partial charge in [0.15, 0.2) is 5.13 Å². The summed E-state index contributed by atoms with van der Waals surface area (Å²) < 4.78 is 2.05. The van der Waals surface area contributed by atoms with Crippen LogP contribution in [0.25, 0.3) is 27.5 Å². The van der Waals surface area contributed by atoms with Crippen molar-refractivity contribution in [2.75, 3.05) is 37.8 Å². The minimum absolute atomic E-state index is 0.00752. The van der Waals surface area contributed by atoms with Crippen LogP contribution in [-0.4, -0.2) is 57.7 Å². The van der Waals surface area contributed by atoms with Gasteiger partial charge in [0.1, 0.15) is 5.82 Å². The lowest BCUT2D eigenvalue weighted by Gasteiger charge is -2.15. The number of pyridine rings is 1. The van der Waals surface area contributed by atoms with Gasteiger partial charge in [0.25, 0.3) is 0 Å². The third-order valence-electron chi connectivity index (χ3n) is 6.50. The molecule has 1 aromatic carbocycles. The summed E-state index contributed by atoms with van der Waals surface area (Å²) in [5, 5.41) is 12.1. The second-order valence-corrected chi connectivity index (χ2v) is 10.6. The molecule has 3 heterocycles. The first kappa shape index (κ1) is 25.1. The van der Waals surface area contributed by atoms with E-state index in [1.165, 1.54) is 16.9 Å². The standard InChI is InChI=1S/C28H33N7OS/c1-5-29-23-15-12-19(17-30-23)25-20-13-14-21-27(26(20)35(33-25)22-10-7-6-9-18(22)2)37-28(31-21)32-24(36)11-8-16-34(3)4/h6-7,9-10,12,15,17H,5,8,11,13-14,16H2,1-4H3,(H,29,30)(H,31,32,36). The fourth-order valence-corrected chi connectivity index (χ4v) is 5.77. The quantitative estimate of drug-likeness (QED) is 0.320. The van der Waals surface area contributed by atoms with Crippen molar-refractivity contribution < 1.29 is 4.79 Å². The van der Waals surface area contributed by atoms with E-state index in [2.05, 4.69) is 57.2 Å². The van der Waals surface area contributed by atoms with E-state index in [0.29, 0.717) is 11.6 Å². The number of para-hydroxylation sites is 1. The molecule has 0 aliphatic heterocycles. The number of hydrogen-bond acceptors (Lipinski definition) is 7. The van der Waals surface area contributed by atoms with Crippen LogP contribution in [0.3, 0.4) is 0 Å². The van der Waals surface area contributed by atoms with Gasteiger partial charge in [0.05, 0.1) is 27.6 Å². The van der Waals surface area contributed by atoms with Crippen LogP contribution in [0.15, 0.2) is 42.6 Å². The topological polar surface area (TPSA) is 88.0 Å². The second-order valence-electron chi connectivity index (χ2n) is 9.59. The van der Waals surface area contributed by atoms with Gasteiger partial charge in [-0.2, -0.15) is 5.10 Å². The molecular weight excluding hydrogens is 482 g/mol. The zero-order valence-electron chi connectivity index (χ0n) is 21.8. The Morgan fingerprint density at radius 3 is 2.73 bits per heavy atom. The molecule has 3 aromatic heterocycles. The molecule has 8 nitrogen and oxygen atoms in total.